The van der Waals surface area contributed by atoms with E-state index in [4.69, 9.17) is 32.7 Å². The number of methoxy groups -OCH3 is 1. The third-order valence-electron chi connectivity index (χ3n) is 4.57. The summed E-state index contributed by atoms with van der Waals surface area (Å²) in [5, 5.41) is 0.895. The first-order chi connectivity index (χ1) is 12.4. The fraction of sp³-hybridized carbons (Fsp3) is 0.368. The molecular weight excluding hydrogens is 377 g/mol. The Kier molecular flexibility index (Phi) is 5.70. The first-order valence-electron chi connectivity index (χ1n) is 8.32. The van der Waals surface area contributed by atoms with Gasteiger partial charge >= 0.3 is 5.97 Å². The molecule has 0 bridgehead atoms. The standard InChI is InChI=1S/C19H19Cl2NO4/c1-11-17(19(24)25-2)15(8-12-5-6-13(20)9-16(12)21)18(23)22(11)10-14-4-3-7-26-14/h5-6,8-9,14H,3-4,7,10H2,1-2H3/b15-8-/t14-/m0/s1. The molecule has 2 aliphatic heterocycles. The van der Waals surface area contributed by atoms with Crippen molar-refractivity contribution in [2.75, 3.05) is 20.3 Å². The van der Waals surface area contributed by atoms with Crippen LogP contribution in [-0.2, 0) is 19.1 Å². The number of rotatable bonds is 4. The first-order valence-corrected chi connectivity index (χ1v) is 9.07. The van der Waals surface area contributed by atoms with Crippen molar-refractivity contribution in [2.45, 2.75) is 25.9 Å². The van der Waals surface area contributed by atoms with Crippen LogP contribution in [0.5, 0.6) is 0 Å². The normalized spacial score (nSPS) is 21.8. The zero-order valence-electron chi connectivity index (χ0n) is 14.6. The number of esters is 1. The van der Waals surface area contributed by atoms with E-state index in [0.717, 1.165) is 12.8 Å². The molecule has 0 N–H and O–H groups in total. The van der Waals surface area contributed by atoms with E-state index in [-0.39, 0.29) is 23.2 Å². The van der Waals surface area contributed by atoms with Crippen molar-refractivity contribution in [1.29, 1.82) is 0 Å². The van der Waals surface area contributed by atoms with Gasteiger partial charge in [-0.25, -0.2) is 4.79 Å². The predicted octanol–water partition coefficient (Wildman–Crippen LogP) is 3.85. The summed E-state index contributed by atoms with van der Waals surface area (Å²) in [6.07, 6.45) is 3.45. The quantitative estimate of drug-likeness (QED) is 0.573. The van der Waals surface area contributed by atoms with Gasteiger partial charge in [-0.2, -0.15) is 0 Å². The van der Waals surface area contributed by atoms with Gasteiger partial charge in [0.25, 0.3) is 5.91 Å². The molecule has 26 heavy (non-hydrogen) atoms. The van der Waals surface area contributed by atoms with Crippen molar-refractivity contribution in [2.24, 2.45) is 0 Å². The van der Waals surface area contributed by atoms with E-state index >= 15 is 0 Å². The fourth-order valence-electron chi connectivity index (χ4n) is 3.21. The van der Waals surface area contributed by atoms with Crippen LogP contribution in [0.2, 0.25) is 10.0 Å². The molecule has 0 saturated carbocycles. The lowest BCUT2D eigenvalue weighted by Crippen LogP contribution is -2.33. The van der Waals surface area contributed by atoms with E-state index < -0.39 is 5.97 Å². The Morgan fingerprint density at radius 3 is 2.81 bits per heavy atom. The topological polar surface area (TPSA) is 55.8 Å². The molecule has 7 heteroatoms. The Hall–Kier alpha value is -1.82. The van der Waals surface area contributed by atoms with E-state index in [1.165, 1.54) is 7.11 Å². The smallest absolute Gasteiger partial charge is 0.340 e. The largest absolute Gasteiger partial charge is 0.465 e. The monoisotopic (exact) mass is 395 g/mol. The third-order valence-corrected chi connectivity index (χ3v) is 5.14. The number of nitrogens with zero attached hydrogens (tertiary/aromatic N) is 1. The molecule has 138 valence electrons. The lowest BCUT2D eigenvalue weighted by molar-refractivity contribution is -0.136. The number of carbonyl (C=O) groups excluding carboxylic acids is 2. The van der Waals surface area contributed by atoms with Crippen LogP contribution in [0.15, 0.2) is 35.0 Å². The molecule has 0 aromatic heterocycles. The zero-order valence-corrected chi connectivity index (χ0v) is 16.1. The highest BCUT2D eigenvalue weighted by Crippen LogP contribution is 2.34. The molecule has 0 aliphatic carbocycles. The van der Waals surface area contributed by atoms with Crippen LogP contribution in [0.3, 0.4) is 0 Å². The highest BCUT2D eigenvalue weighted by atomic mass is 35.5. The second-order valence-corrected chi connectivity index (χ2v) is 7.07. The van der Waals surface area contributed by atoms with Crippen LogP contribution < -0.4 is 0 Å². The molecule has 1 fully saturated rings. The minimum absolute atomic E-state index is 0.0220. The maximum atomic E-state index is 13.0. The average molecular weight is 396 g/mol. The van der Waals surface area contributed by atoms with Gasteiger partial charge in [0.15, 0.2) is 0 Å². The summed E-state index contributed by atoms with van der Waals surface area (Å²) in [4.78, 5) is 26.9. The highest BCUT2D eigenvalue weighted by molar-refractivity contribution is 6.35. The average Bonchev–Trinajstić information content (AvgIpc) is 3.20. The maximum absolute atomic E-state index is 13.0. The van der Waals surface area contributed by atoms with E-state index in [1.54, 1.807) is 36.1 Å². The Labute approximate surface area is 162 Å². The molecule has 1 saturated heterocycles. The van der Waals surface area contributed by atoms with Gasteiger partial charge in [-0.1, -0.05) is 29.3 Å². The van der Waals surface area contributed by atoms with Crippen molar-refractivity contribution < 1.29 is 19.1 Å². The van der Waals surface area contributed by atoms with Gasteiger partial charge in [-0.3, -0.25) is 4.79 Å². The number of carbonyl (C=O) groups is 2. The molecule has 1 amide bonds. The summed E-state index contributed by atoms with van der Waals surface area (Å²) in [5.41, 5.74) is 1.68. The zero-order chi connectivity index (χ0) is 18.8. The number of halogens is 2. The lowest BCUT2D eigenvalue weighted by atomic mass is 10.0. The minimum atomic E-state index is -0.554. The second-order valence-electron chi connectivity index (χ2n) is 6.23. The number of benzene rings is 1. The SMILES string of the molecule is COC(=O)C1=C(C)N(C[C@@H]2CCCO2)C(=O)/C1=C\c1ccc(Cl)cc1Cl. The van der Waals surface area contributed by atoms with Crippen molar-refractivity contribution in [3.63, 3.8) is 0 Å². The Bertz CT molecular complexity index is 810. The lowest BCUT2D eigenvalue weighted by Gasteiger charge is -2.21. The molecular formula is C19H19Cl2NO4. The van der Waals surface area contributed by atoms with Gasteiger partial charge in [0.2, 0.25) is 0 Å². The van der Waals surface area contributed by atoms with E-state index in [2.05, 4.69) is 0 Å². The van der Waals surface area contributed by atoms with Crippen molar-refractivity contribution in [3.05, 3.63) is 50.7 Å². The van der Waals surface area contributed by atoms with Crippen LogP contribution in [0.1, 0.15) is 25.3 Å². The van der Waals surface area contributed by atoms with E-state index in [9.17, 15) is 9.59 Å². The molecule has 2 aliphatic rings. The predicted molar refractivity (Wildman–Crippen MR) is 99.8 cm³/mol. The van der Waals surface area contributed by atoms with Crippen LogP contribution in [-0.4, -0.2) is 43.1 Å². The summed E-state index contributed by atoms with van der Waals surface area (Å²) in [6, 6.07) is 4.98. The summed E-state index contributed by atoms with van der Waals surface area (Å²) in [6.45, 7) is 2.85. The van der Waals surface area contributed by atoms with Gasteiger partial charge in [0, 0.05) is 22.3 Å². The molecule has 1 aromatic carbocycles. The molecule has 1 atom stereocenters. The Balaban J connectivity index is 2.00. The number of ether oxygens (including phenoxy) is 2. The molecule has 0 unspecified atom stereocenters. The van der Waals surface area contributed by atoms with Gasteiger partial charge in [0.05, 0.1) is 30.9 Å². The molecule has 0 spiro atoms. The number of amides is 1. The number of hydrogen-bond donors (Lipinski definition) is 0. The van der Waals surface area contributed by atoms with Crippen molar-refractivity contribution in [1.82, 2.24) is 4.90 Å². The molecule has 0 radical (unpaired) electrons. The fourth-order valence-corrected chi connectivity index (χ4v) is 3.68. The number of allylic oxidation sites excluding steroid dienone is 1. The highest BCUT2D eigenvalue weighted by Gasteiger charge is 2.38. The molecule has 2 heterocycles. The van der Waals surface area contributed by atoms with Crippen LogP contribution >= 0.6 is 23.2 Å². The molecule has 5 nitrogen and oxygen atoms in total. The maximum Gasteiger partial charge on any atom is 0.340 e. The van der Waals surface area contributed by atoms with Crippen molar-refractivity contribution in [3.8, 4) is 0 Å². The summed E-state index contributed by atoms with van der Waals surface area (Å²) < 4.78 is 10.5. The van der Waals surface area contributed by atoms with Gasteiger partial charge in [-0.05, 0) is 43.5 Å². The summed E-state index contributed by atoms with van der Waals surface area (Å²) in [7, 11) is 1.29. The van der Waals surface area contributed by atoms with Crippen molar-refractivity contribution >= 4 is 41.2 Å². The van der Waals surface area contributed by atoms with Gasteiger partial charge in [0.1, 0.15) is 0 Å². The van der Waals surface area contributed by atoms with Gasteiger partial charge in [-0.15, -0.1) is 0 Å². The molecule has 3 rings (SSSR count). The van der Waals surface area contributed by atoms with Crippen LogP contribution in [0.4, 0.5) is 0 Å². The Morgan fingerprint density at radius 1 is 1.42 bits per heavy atom. The van der Waals surface area contributed by atoms with E-state index in [0.29, 0.717) is 34.5 Å². The number of hydrogen-bond acceptors (Lipinski definition) is 4. The minimum Gasteiger partial charge on any atom is -0.465 e. The third kappa shape index (κ3) is 3.65. The van der Waals surface area contributed by atoms with E-state index in [1.807, 2.05) is 0 Å². The summed E-state index contributed by atoms with van der Waals surface area (Å²) >= 11 is 12.1. The summed E-state index contributed by atoms with van der Waals surface area (Å²) in [5.74, 6) is -0.813. The first kappa shape index (κ1) is 19.0. The van der Waals surface area contributed by atoms with Crippen LogP contribution in [0.25, 0.3) is 6.08 Å². The van der Waals surface area contributed by atoms with Crippen LogP contribution in [0, 0.1) is 0 Å². The Morgan fingerprint density at radius 2 is 2.19 bits per heavy atom. The molecule has 1 aromatic rings. The van der Waals surface area contributed by atoms with Gasteiger partial charge < -0.3 is 14.4 Å². The second kappa shape index (κ2) is 7.82.